The van der Waals surface area contributed by atoms with Gasteiger partial charge in [0.2, 0.25) is 11.9 Å². The molecule has 0 aromatic carbocycles. The fraction of sp³-hybridized carbons (Fsp3) is 0.588. The van der Waals surface area contributed by atoms with Gasteiger partial charge in [0.1, 0.15) is 0 Å². The smallest absolute Gasteiger partial charge is 0.246 e. The lowest BCUT2D eigenvalue weighted by Gasteiger charge is -2.41. The number of nitrogens with zero attached hydrogens (tertiary/aromatic N) is 4. The number of carbonyl (C=O) groups is 1. The molecule has 1 aromatic rings. The van der Waals surface area contributed by atoms with Crippen molar-refractivity contribution in [3.63, 3.8) is 0 Å². The summed E-state index contributed by atoms with van der Waals surface area (Å²) in [7, 11) is 3.81. The van der Waals surface area contributed by atoms with Gasteiger partial charge in [-0.15, -0.1) is 0 Å². The van der Waals surface area contributed by atoms with E-state index < -0.39 is 0 Å². The highest BCUT2D eigenvalue weighted by Gasteiger charge is 2.31. The summed E-state index contributed by atoms with van der Waals surface area (Å²) >= 11 is 0. The topological polar surface area (TPSA) is 49.3 Å². The van der Waals surface area contributed by atoms with Crippen molar-refractivity contribution in [2.75, 3.05) is 32.1 Å². The predicted molar refractivity (Wildman–Crippen MR) is 87.4 cm³/mol. The standard InChI is InChI=1S/C17H24N4O/c1-20(2)17-18-9-15(10-19-17)6-7-16(22)21-11-13-4-3-5-14(8-13)12-21/h6-7,9-10,13-14H,3-5,8,11-12H2,1-2H3/b7-6+/t13-,14+. The van der Waals surface area contributed by atoms with E-state index in [0.717, 1.165) is 18.7 Å². The van der Waals surface area contributed by atoms with Crippen LogP contribution in [0.1, 0.15) is 31.2 Å². The molecule has 0 unspecified atom stereocenters. The van der Waals surface area contributed by atoms with Crippen LogP contribution in [0.2, 0.25) is 0 Å². The van der Waals surface area contributed by atoms with Gasteiger partial charge in [-0.3, -0.25) is 4.79 Å². The van der Waals surface area contributed by atoms with Gasteiger partial charge in [0, 0.05) is 51.2 Å². The average molecular weight is 300 g/mol. The molecule has 118 valence electrons. The quantitative estimate of drug-likeness (QED) is 0.803. The van der Waals surface area contributed by atoms with Crippen molar-refractivity contribution in [1.82, 2.24) is 14.9 Å². The van der Waals surface area contributed by atoms with Crippen LogP contribution in [0.4, 0.5) is 5.95 Å². The molecule has 2 heterocycles. The van der Waals surface area contributed by atoms with E-state index in [9.17, 15) is 4.79 Å². The summed E-state index contributed by atoms with van der Waals surface area (Å²) in [5, 5.41) is 0. The number of fused-ring (bicyclic) bond motifs is 2. The second-order valence-corrected chi connectivity index (χ2v) is 6.69. The van der Waals surface area contributed by atoms with Gasteiger partial charge >= 0.3 is 0 Å². The molecule has 2 bridgehead atoms. The van der Waals surface area contributed by atoms with Gasteiger partial charge in [0.05, 0.1) is 0 Å². The SMILES string of the molecule is CN(C)c1ncc(/C=C/C(=O)N2C[C@@H]3CCC[C@@H](C3)C2)cn1. The molecule has 0 radical (unpaired) electrons. The van der Waals surface area contributed by atoms with Crippen molar-refractivity contribution < 1.29 is 4.79 Å². The van der Waals surface area contributed by atoms with Crippen LogP contribution in [0, 0.1) is 11.8 Å². The molecule has 2 aliphatic rings. The minimum Gasteiger partial charge on any atom is -0.347 e. The Morgan fingerprint density at radius 2 is 1.86 bits per heavy atom. The molecule has 0 N–H and O–H groups in total. The van der Waals surface area contributed by atoms with Gasteiger partial charge in [-0.05, 0) is 37.2 Å². The molecule has 1 aromatic heterocycles. The van der Waals surface area contributed by atoms with E-state index in [4.69, 9.17) is 0 Å². The first-order valence-corrected chi connectivity index (χ1v) is 8.08. The molecule has 1 aliphatic carbocycles. The van der Waals surface area contributed by atoms with Crippen LogP contribution in [0.25, 0.3) is 6.08 Å². The summed E-state index contributed by atoms with van der Waals surface area (Å²) in [5.74, 6) is 2.22. The molecule has 1 amide bonds. The monoisotopic (exact) mass is 300 g/mol. The van der Waals surface area contributed by atoms with Gasteiger partial charge in [-0.1, -0.05) is 6.42 Å². The second kappa shape index (κ2) is 6.46. The average Bonchev–Trinajstić information content (AvgIpc) is 2.52. The summed E-state index contributed by atoms with van der Waals surface area (Å²) in [6.07, 6.45) is 12.2. The van der Waals surface area contributed by atoms with Gasteiger partial charge in [0.25, 0.3) is 0 Å². The molecule has 22 heavy (non-hydrogen) atoms. The first-order chi connectivity index (χ1) is 10.6. The first-order valence-electron chi connectivity index (χ1n) is 8.08. The number of piperidine rings is 1. The van der Waals surface area contributed by atoms with E-state index >= 15 is 0 Å². The number of hydrogen-bond donors (Lipinski definition) is 0. The second-order valence-electron chi connectivity index (χ2n) is 6.69. The summed E-state index contributed by atoms with van der Waals surface area (Å²) in [4.78, 5) is 24.7. The Labute approximate surface area is 132 Å². The van der Waals surface area contributed by atoms with Crippen LogP contribution in [0.5, 0.6) is 0 Å². The van der Waals surface area contributed by atoms with Crippen LogP contribution in [0.3, 0.4) is 0 Å². The van der Waals surface area contributed by atoms with Crippen LogP contribution in [-0.4, -0.2) is 48.0 Å². The number of aromatic nitrogens is 2. The maximum Gasteiger partial charge on any atom is 0.246 e. The van der Waals surface area contributed by atoms with Crippen molar-refractivity contribution in [1.29, 1.82) is 0 Å². The molecule has 0 spiro atoms. The first kappa shape index (κ1) is 15.0. The Bertz CT molecular complexity index is 540. The van der Waals surface area contributed by atoms with E-state index in [-0.39, 0.29) is 5.91 Å². The number of rotatable bonds is 3. The molecule has 3 rings (SSSR count). The van der Waals surface area contributed by atoms with Crippen molar-refractivity contribution in [2.45, 2.75) is 25.7 Å². The molecule has 2 fully saturated rings. The van der Waals surface area contributed by atoms with Crippen LogP contribution in [-0.2, 0) is 4.79 Å². The number of anilines is 1. The van der Waals surface area contributed by atoms with Gasteiger partial charge in [-0.25, -0.2) is 9.97 Å². The largest absolute Gasteiger partial charge is 0.347 e. The third kappa shape index (κ3) is 3.46. The number of likely N-dealkylation sites (tertiary alicyclic amines) is 1. The highest BCUT2D eigenvalue weighted by molar-refractivity contribution is 5.91. The molecule has 1 aliphatic heterocycles. The molecule has 5 nitrogen and oxygen atoms in total. The Kier molecular flexibility index (Phi) is 4.41. The minimum atomic E-state index is 0.119. The van der Waals surface area contributed by atoms with Crippen molar-refractivity contribution >= 4 is 17.9 Å². The molecule has 5 heteroatoms. The molecular formula is C17H24N4O. The fourth-order valence-electron chi connectivity index (χ4n) is 3.53. The van der Waals surface area contributed by atoms with Crippen LogP contribution < -0.4 is 4.90 Å². The molecule has 1 saturated heterocycles. The maximum absolute atomic E-state index is 12.4. The van der Waals surface area contributed by atoms with E-state index in [1.165, 1.54) is 25.7 Å². The van der Waals surface area contributed by atoms with Crippen LogP contribution >= 0.6 is 0 Å². The maximum atomic E-state index is 12.4. The van der Waals surface area contributed by atoms with Crippen LogP contribution in [0.15, 0.2) is 18.5 Å². The Balaban J connectivity index is 1.61. The van der Waals surface area contributed by atoms with Gasteiger partial charge in [0.15, 0.2) is 0 Å². The number of hydrogen-bond acceptors (Lipinski definition) is 4. The third-order valence-corrected chi connectivity index (χ3v) is 4.64. The van der Waals surface area contributed by atoms with Gasteiger partial charge < -0.3 is 9.80 Å². The zero-order valence-electron chi connectivity index (χ0n) is 13.4. The highest BCUT2D eigenvalue weighted by Crippen LogP contribution is 2.34. The van der Waals surface area contributed by atoms with E-state index in [1.807, 2.05) is 30.0 Å². The molecule has 2 atom stereocenters. The Morgan fingerprint density at radius 1 is 1.23 bits per heavy atom. The highest BCUT2D eigenvalue weighted by atomic mass is 16.2. The van der Waals surface area contributed by atoms with Crippen molar-refractivity contribution in [2.24, 2.45) is 11.8 Å². The molecule has 1 saturated carbocycles. The summed E-state index contributed by atoms with van der Waals surface area (Å²) < 4.78 is 0. The van der Waals surface area contributed by atoms with Crippen molar-refractivity contribution in [3.8, 4) is 0 Å². The fourth-order valence-corrected chi connectivity index (χ4v) is 3.53. The normalized spacial score (nSPS) is 24.5. The predicted octanol–water partition coefficient (Wildman–Crippen LogP) is 2.20. The number of carbonyl (C=O) groups excluding carboxylic acids is 1. The minimum absolute atomic E-state index is 0.119. The number of amides is 1. The Morgan fingerprint density at radius 3 is 2.45 bits per heavy atom. The Hall–Kier alpha value is -1.91. The van der Waals surface area contributed by atoms with E-state index in [1.54, 1.807) is 18.5 Å². The zero-order valence-corrected chi connectivity index (χ0v) is 13.4. The third-order valence-electron chi connectivity index (χ3n) is 4.64. The lowest BCUT2D eigenvalue weighted by Crippen LogP contribution is -2.45. The van der Waals surface area contributed by atoms with E-state index in [0.29, 0.717) is 17.8 Å². The van der Waals surface area contributed by atoms with Gasteiger partial charge in [-0.2, -0.15) is 0 Å². The summed E-state index contributed by atoms with van der Waals surface area (Å²) in [6, 6.07) is 0. The van der Waals surface area contributed by atoms with Crippen molar-refractivity contribution in [3.05, 3.63) is 24.0 Å². The summed E-state index contributed by atoms with van der Waals surface area (Å²) in [6.45, 7) is 1.85. The molecular weight excluding hydrogens is 276 g/mol. The lowest BCUT2D eigenvalue weighted by atomic mass is 9.78. The zero-order chi connectivity index (χ0) is 15.5. The van der Waals surface area contributed by atoms with E-state index in [2.05, 4.69) is 9.97 Å². The lowest BCUT2D eigenvalue weighted by molar-refractivity contribution is -0.129. The summed E-state index contributed by atoms with van der Waals surface area (Å²) in [5.41, 5.74) is 0.858.